The molecule has 0 saturated carbocycles. The quantitative estimate of drug-likeness (QED) is 0.885. The average Bonchev–Trinajstić information content (AvgIpc) is 2.33. The third-order valence-corrected chi connectivity index (χ3v) is 3.52. The Morgan fingerprint density at radius 1 is 1.25 bits per heavy atom. The lowest BCUT2D eigenvalue weighted by Gasteiger charge is -2.37. The number of rotatable bonds is 2. The summed E-state index contributed by atoms with van der Waals surface area (Å²) in [5.74, 6) is -0.229. The lowest BCUT2D eigenvalue weighted by molar-refractivity contribution is -0.134. The number of amides is 2. The van der Waals surface area contributed by atoms with E-state index >= 15 is 0 Å². The molecule has 20 heavy (non-hydrogen) atoms. The number of nitrogens with one attached hydrogen (secondary N) is 1. The molecule has 1 N–H and O–H groups in total. The van der Waals surface area contributed by atoms with Gasteiger partial charge in [0.15, 0.2) is 0 Å². The SMILES string of the molecule is Cc1ccc(N2CC(=O)NC(C)(C)C2=O)cc1N(C)C. The predicted molar refractivity (Wildman–Crippen MR) is 80.1 cm³/mol. The van der Waals surface area contributed by atoms with Crippen LogP contribution in [0, 0.1) is 6.92 Å². The van der Waals surface area contributed by atoms with Gasteiger partial charge in [-0.25, -0.2) is 0 Å². The van der Waals surface area contributed by atoms with Crippen LogP contribution in [0.4, 0.5) is 11.4 Å². The summed E-state index contributed by atoms with van der Waals surface area (Å²) in [5, 5.41) is 2.71. The van der Waals surface area contributed by atoms with Gasteiger partial charge in [-0.1, -0.05) is 6.07 Å². The minimum atomic E-state index is -0.863. The molecule has 1 aromatic carbocycles. The Kier molecular flexibility index (Phi) is 3.46. The molecule has 0 spiro atoms. The largest absolute Gasteiger partial charge is 0.377 e. The van der Waals surface area contributed by atoms with E-state index in [0.717, 1.165) is 16.9 Å². The Morgan fingerprint density at radius 3 is 2.50 bits per heavy atom. The third kappa shape index (κ3) is 2.48. The normalized spacial score (nSPS) is 17.9. The van der Waals surface area contributed by atoms with E-state index in [9.17, 15) is 9.59 Å². The number of hydrogen-bond donors (Lipinski definition) is 1. The average molecular weight is 275 g/mol. The summed E-state index contributed by atoms with van der Waals surface area (Å²) in [4.78, 5) is 27.8. The molecular weight excluding hydrogens is 254 g/mol. The fraction of sp³-hybridized carbons (Fsp3) is 0.467. The van der Waals surface area contributed by atoms with Gasteiger partial charge in [0.25, 0.3) is 5.91 Å². The summed E-state index contributed by atoms with van der Waals surface area (Å²) in [6, 6.07) is 5.80. The number of carbonyl (C=O) groups is 2. The number of hydrogen-bond acceptors (Lipinski definition) is 3. The number of nitrogens with zero attached hydrogens (tertiary/aromatic N) is 2. The van der Waals surface area contributed by atoms with E-state index in [1.807, 2.05) is 44.1 Å². The Morgan fingerprint density at radius 2 is 1.90 bits per heavy atom. The lowest BCUT2D eigenvalue weighted by atomic mass is 9.99. The first-order chi connectivity index (χ1) is 9.22. The molecular formula is C15H21N3O2. The van der Waals surface area contributed by atoms with E-state index < -0.39 is 5.54 Å². The van der Waals surface area contributed by atoms with E-state index in [1.165, 1.54) is 0 Å². The van der Waals surface area contributed by atoms with Gasteiger partial charge in [-0.15, -0.1) is 0 Å². The number of anilines is 2. The molecule has 0 radical (unpaired) electrons. The Bertz CT molecular complexity index is 564. The highest BCUT2D eigenvalue weighted by Gasteiger charge is 2.39. The minimum Gasteiger partial charge on any atom is -0.377 e. The van der Waals surface area contributed by atoms with Crippen molar-refractivity contribution in [3.05, 3.63) is 23.8 Å². The van der Waals surface area contributed by atoms with Crippen molar-refractivity contribution in [3.63, 3.8) is 0 Å². The number of piperazine rings is 1. The van der Waals surface area contributed by atoms with Gasteiger partial charge >= 0.3 is 0 Å². The van der Waals surface area contributed by atoms with Gasteiger partial charge in [0.05, 0.1) is 0 Å². The molecule has 1 fully saturated rings. The van der Waals surface area contributed by atoms with Crippen LogP contribution in [0.1, 0.15) is 19.4 Å². The summed E-state index contributed by atoms with van der Waals surface area (Å²) in [6.07, 6.45) is 0. The van der Waals surface area contributed by atoms with E-state index in [4.69, 9.17) is 0 Å². The highest BCUT2D eigenvalue weighted by Crippen LogP contribution is 2.28. The molecule has 5 nitrogen and oxygen atoms in total. The molecule has 1 aliphatic heterocycles. The maximum absolute atomic E-state index is 12.5. The molecule has 5 heteroatoms. The van der Waals surface area contributed by atoms with E-state index in [1.54, 1.807) is 18.7 Å². The topological polar surface area (TPSA) is 52.7 Å². The summed E-state index contributed by atoms with van der Waals surface area (Å²) >= 11 is 0. The molecule has 0 aromatic heterocycles. The van der Waals surface area contributed by atoms with Crippen LogP contribution in [0.5, 0.6) is 0 Å². The van der Waals surface area contributed by atoms with Crippen molar-refractivity contribution in [2.24, 2.45) is 0 Å². The van der Waals surface area contributed by atoms with Crippen molar-refractivity contribution in [1.29, 1.82) is 0 Å². The first-order valence-corrected chi connectivity index (χ1v) is 6.63. The van der Waals surface area contributed by atoms with Crippen LogP contribution in [-0.4, -0.2) is 38.0 Å². The van der Waals surface area contributed by atoms with Crippen molar-refractivity contribution >= 4 is 23.2 Å². The first-order valence-electron chi connectivity index (χ1n) is 6.63. The molecule has 1 aliphatic rings. The van der Waals surface area contributed by atoms with Gasteiger partial charge in [0.1, 0.15) is 12.1 Å². The maximum atomic E-state index is 12.5. The summed E-state index contributed by atoms with van der Waals surface area (Å²) in [7, 11) is 3.92. The molecule has 2 amide bonds. The van der Waals surface area contributed by atoms with Crippen LogP contribution >= 0.6 is 0 Å². The lowest BCUT2D eigenvalue weighted by Crippen LogP contribution is -2.64. The molecule has 0 bridgehead atoms. The summed E-state index contributed by atoms with van der Waals surface area (Å²) in [5.41, 5.74) is 2.07. The van der Waals surface area contributed by atoms with E-state index in [-0.39, 0.29) is 18.4 Å². The van der Waals surface area contributed by atoms with Crippen molar-refractivity contribution < 1.29 is 9.59 Å². The molecule has 1 aromatic rings. The standard InChI is InChI=1S/C15H21N3O2/c1-10-6-7-11(8-12(10)17(4)5)18-9-13(19)16-15(2,3)14(18)20/h6-8H,9H2,1-5H3,(H,16,19). The van der Waals surface area contributed by atoms with Crippen LogP contribution in [0.2, 0.25) is 0 Å². The van der Waals surface area contributed by atoms with Gasteiger partial charge in [-0.05, 0) is 38.5 Å². The number of benzene rings is 1. The van der Waals surface area contributed by atoms with Crippen LogP contribution in [-0.2, 0) is 9.59 Å². The molecule has 1 heterocycles. The predicted octanol–water partition coefficient (Wildman–Crippen LogP) is 1.30. The second kappa shape index (κ2) is 4.81. The monoisotopic (exact) mass is 275 g/mol. The Hall–Kier alpha value is -2.04. The van der Waals surface area contributed by atoms with Crippen LogP contribution in [0.25, 0.3) is 0 Å². The highest BCUT2D eigenvalue weighted by molar-refractivity contribution is 6.08. The van der Waals surface area contributed by atoms with Crippen molar-refractivity contribution in [2.75, 3.05) is 30.4 Å². The minimum absolute atomic E-state index is 0.0677. The zero-order valence-electron chi connectivity index (χ0n) is 12.7. The third-order valence-electron chi connectivity index (χ3n) is 3.52. The number of aryl methyl sites for hydroxylation is 1. The summed E-state index contributed by atoms with van der Waals surface area (Å²) in [6.45, 7) is 5.53. The van der Waals surface area contributed by atoms with Gasteiger partial charge < -0.3 is 15.1 Å². The van der Waals surface area contributed by atoms with Crippen LogP contribution in [0.15, 0.2) is 18.2 Å². The molecule has 2 rings (SSSR count). The second-order valence-electron chi connectivity index (χ2n) is 5.93. The fourth-order valence-electron chi connectivity index (χ4n) is 2.45. The van der Waals surface area contributed by atoms with Crippen molar-refractivity contribution in [3.8, 4) is 0 Å². The molecule has 0 aliphatic carbocycles. The number of carbonyl (C=O) groups excluding carboxylic acids is 2. The van der Waals surface area contributed by atoms with E-state index in [0.29, 0.717) is 0 Å². The van der Waals surface area contributed by atoms with Gasteiger partial charge in [0, 0.05) is 25.5 Å². The van der Waals surface area contributed by atoms with Crippen molar-refractivity contribution in [1.82, 2.24) is 5.32 Å². The Balaban J connectivity index is 2.42. The van der Waals surface area contributed by atoms with E-state index in [2.05, 4.69) is 5.32 Å². The maximum Gasteiger partial charge on any atom is 0.252 e. The van der Waals surface area contributed by atoms with Gasteiger partial charge in [-0.3, -0.25) is 9.59 Å². The molecule has 0 unspecified atom stereocenters. The Labute approximate surface area is 119 Å². The van der Waals surface area contributed by atoms with Gasteiger partial charge in [-0.2, -0.15) is 0 Å². The van der Waals surface area contributed by atoms with Crippen LogP contribution < -0.4 is 15.1 Å². The highest BCUT2D eigenvalue weighted by atomic mass is 16.2. The smallest absolute Gasteiger partial charge is 0.252 e. The van der Waals surface area contributed by atoms with Gasteiger partial charge in [0.2, 0.25) is 5.91 Å². The zero-order chi connectivity index (χ0) is 15.1. The van der Waals surface area contributed by atoms with Crippen molar-refractivity contribution in [2.45, 2.75) is 26.3 Å². The zero-order valence-corrected chi connectivity index (χ0v) is 12.7. The molecule has 108 valence electrons. The summed E-state index contributed by atoms with van der Waals surface area (Å²) < 4.78 is 0. The fourth-order valence-corrected chi connectivity index (χ4v) is 2.45. The molecule has 1 saturated heterocycles. The first kappa shape index (κ1) is 14.4. The van der Waals surface area contributed by atoms with Crippen LogP contribution in [0.3, 0.4) is 0 Å². The molecule has 0 atom stereocenters. The second-order valence-corrected chi connectivity index (χ2v) is 5.93.